The minimum atomic E-state index is -0.711. The van der Waals surface area contributed by atoms with E-state index in [1.165, 1.54) is 4.57 Å². The van der Waals surface area contributed by atoms with Crippen molar-refractivity contribution in [2.24, 2.45) is 18.9 Å². The van der Waals surface area contributed by atoms with Crippen LogP contribution in [-0.2, 0) is 18.3 Å². The van der Waals surface area contributed by atoms with Crippen molar-refractivity contribution in [2.75, 3.05) is 0 Å². The SMILES string of the molecule is Cn1c(=O)oc2ccc(CC3CC3C(=O)O)cc21. The van der Waals surface area contributed by atoms with Gasteiger partial charge in [0.05, 0.1) is 11.4 Å². The topological polar surface area (TPSA) is 72.4 Å². The highest BCUT2D eigenvalue weighted by molar-refractivity contribution is 5.75. The molecule has 1 aromatic heterocycles. The molecule has 1 heterocycles. The van der Waals surface area contributed by atoms with Crippen molar-refractivity contribution >= 4 is 17.1 Å². The van der Waals surface area contributed by atoms with Crippen molar-refractivity contribution < 1.29 is 14.3 Å². The summed E-state index contributed by atoms with van der Waals surface area (Å²) in [5.41, 5.74) is 2.37. The summed E-state index contributed by atoms with van der Waals surface area (Å²) in [5.74, 6) is -1.06. The van der Waals surface area contributed by atoms with Gasteiger partial charge in [-0.3, -0.25) is 9.36 Å². The Balaban J connectivity index is 1.88. The van der Waals surface area contributed by atoms with Crippen LogP contribution in [0.3, 0.4) is 0 Å². The van der Waals surface area contributed by atoms with E-state index in [1.54, 1.807) is 13.1 Å². The van der Waals surface area contributed by atoms with E-state index >= 15 is 0 Å². The maximum atomic E-state index is 11.3. The smallest absolute Gasteiger partial charge is 0.419 e. The van der Waals surface area contributed by atoms with Crippen LogP contribution in [0, 0.1) is 11.8 Å². The number of benzene rings is 1. The Morgan fingerprint density at radius 1 is 1.56 bits per heavy atom. The lowest BCUT2D eigenvalue weighted by atomic mass is 10.1. The fraction of sp³-hybridized carbons (Fsp3) is 0.385. The van der Waals surface area contributed by atoms with Crippen molar-refractivity contribution in [1.29, 1.82) is 0 Å². The summed E-state index contributed by atoms with van der Waals surface area (Å²) in [7, 11) is 1.66. The monoisotopic (exact) mass is 247 g/mol. The summed E-state index contributed by atoms with van der Waals surface area (Å²) in [6.45, 7) is 0. The molecular weight excluding hydrogens is 234 g/mol. The zero-order valence-electron chi connectivity index (χ0n) is 9.92. The Bertz CT molecular complexity index is 682. The third kappa shape index (κ3) is 1.72. The first-order valence-corrected chi connectivity index (χ1v) is 5.87. The molecule has 94 valence electrons. The molecule has 2 aromatic rings. The molecular formula is C13H13NO4. The number of carboxylic acids is 1. The van der Waals surface area contributed by atoms with Gasteiger partial charge >= 0.3 is 11.7 Å². The lowest BCUT2D eigenvalue weighted by Crippen LogP contribution is -2.08. The Hall–Kier alpha value is -2.04. The van der Waals surface area contributed by atoms with Gasteiger partial charge in [-0.1, -0.05) is 6.07 Å². The standard InChI is InChI=1S/C13H13NO4/c1-14-10-5-7(2-3-11(10)18-13(14)17)4-8-6-9(8)12(15)16/h2-3,5,8-9H,4,6H2,1H3,(H,15,16). The van der Waals surface area contributed by atoms with E-state index < -0.39 is 5.97 Å². The molecule has 2 atom stereocenters. The number of carboxylic acid groups (broad SMARTS) is 1. The fourth-order valence-corrected chi connectivity index (χ4v) is 2.38. The fourth-order valence-electron chi connectivity index (χ4n) is 2.38. The van der Waals surface area contributed by atoms with Gasteiger partial charge in [0.15, 0.2) is 5.58 Å². The van der Waals surface area contributed by atoms with Crippen LogP contribution in [0.1, 0.15) is 12.0 Å². The van der Waals surface area contributed by atoms with Gasteiger partial charge in [0.1, 0.15) is 0 Å². The lowest BCUT2D eigenvalue weighted by Gasteiger charge is -2.00. The van der Waals surface area contributed by atoms with Crippen molar-refractivity contribution in [2.45, 2.75) is 12.8 Å². The normalized spacial score (nSPS) is 22.3. The second-order valence-electron chi connectivity index (χ2n) is 4.87. The van der Waals surface area contributed by atoms with Gasteiger partial charge in [-0.25, -0.2) is 4.79 Å². The zero-order chi connectivity index (χ0) is 12.9. The summed E-state index contributed by atoms with van der Waals surface area (Å²) in [4.78, 5) is 22.1. The molecule has 0 amide bonds. The Kier molecular flexibility index (Phi) is 2.29. The van der Waals surface area contributed by atoms with Crippen LogP contribution in [0.15, 0.2) is 27.4 Å². The highest BCUT2D eigenvalue weighted by atomic mass is 16.4. The number of nitrogens with zero attached hydrogens (tertiary/aromatic N) is 1. The highest BCUT2D eigenvalue weighted by Gasteiger charge is 2.42. The quantitative estimate of drug-likeness (QED) is 0.889. The Morgan fingerprint density at radius 3 is 3.00 bits per heavy atom. The van der Waals surface area contributed by atoms with E-state index in [2.05, 4.69) is 0 Å². The Labute approximate surface area is 103 Å². The number of hydrogen-bond acceptors (Lipinski definition) is 3. The second kappa shape index (κ2) is 3.73. The van der Waals surface area contributed by atoms with E-state index in [0.29, 0.717) is 5.58 Å². The van der Waals surface area contributed by atoms with E-state index in [1.807, 2.05) is 12.1 Å². The molecule has 18 heavy (non-hydrogen) atoms. The molecule has 1 N–H and O–H groups in total. The van der Waals surface area contributed by atoms with Crippen LogP contribution in [0.2, 0.25) is 0 Å². The van der Waals surface area contributed by atoms with Gasteiger partial charge in [-0.2, -0.15) is 0 Å². The number of oxazole rings is 1. The number of aromatic nitrogens is 1. The molecule has 1 aliphatic carbocycles. The number of aliphatic carboxylic acids is 1. The molecule has 5 nitrogen and oxygen atoms in total. The molecule has 1 aliphatic rings. The molecule has 3 rings (SSSR count). The lowest BCUT2D eigenvalue weighted by molar-refractivity contribution is -0.138. The van der Waals surface area contributed by atoms with Crippen LogP contribution in [0.5, 0.6) is 0 Å². The minimum Gasteiger partial charge on any atom is -0.481 e. The Morgan fingerprint density at radius 2 is 2.33 bits per heavy atom. The molecule has 1 aromatic carbocycles. The van der Waals surface area contributed by atoms with Gasteiger partial charge in [-0.05, 0) is 36.5 Å². The van der Waals surface area contributed by atoms with E-state index in [9.17, 15) is 9.59 Å². The van der Waals surface area contributed by atoms with E-state index in [4.69, 9.17) is 9.52 Å². The number of rotatable bonds is 3. The van der Waals surface area contributed by atoms with Crippen molar-refractivity contribution in [3.8, 4) is 0 Å². The summed E-state index contributed by atoms with van der Waals surface area (Å²) in [5, 5.41) is 8.86. The summed E-state index contributed by atoms with van der Waals surface area (Å²) < 4.78 is 6.51. The molecule has 1 fully saturated rings. The van der Waals surface area contributed by atoms with Crippen LogP contribution in [0.25, 0.3) is 11.1 Å². The summed E-state index contributed by atoms with van der Waals surface area (Å²) in [6.07, 6.45) is 1.49. The first-order chi connectivity index (χ1) is 8.56. The van der Waals surface area contributed by atoms with Crippen molar-refractivity contribution in [1.82, 2.24) is 4.57 Å². The molecule has 0 saturated heterocycles. The molecule has 2 unspecified atom stereocenters. The average molecular weight is 247 g/mol. The number of carbonyl (C=O) groups is 1. The van der Waals surface area contributed by atoms with Crippen LogP contribution in [-0.4, -0.2) is 15.6 Å². The maximum absolute atomic E-state index is 11.3. The molecule has 0 aliphatic heterocycles. The largest absolute Gasteiger partial charge is 0.481 e. The number of fused-ring (bicyclic) bond motifs is 1. The average Bonchev–Trinajstić information content (AvgIpc) is 3.03. The zero-order valence-corrected chi connectivity index (χ0v) is 9.92. The third-order valence-corrected chi connectivity index (χ3v) is 3.59. The maximum Gasteiger partial charge on any atom is 0.419 e. The molecule has 0 bridgehead atoms. The van der Waals surface area contributed by atoms with Crippen LogP contribution < -0.4 is 5.76 Å². The van der Waals surface area contributed by atoms with Gasteiger partial charge in [0.25, 0.3) is 0 Å². The molecule has 0 spiro atoms. The molecule has 0 radical (unpaired) electrons. The summed E-state index contributed by atoms with van der Waals surface area (Å²) in [6, 6.07) is 5.56. The highest BCUT2D eigenvalue weighted by Crippen LogP contribution is 2.41. The van der Waals surface area contributed by atoms with Crippen molar-refractivity contribution in [3.05, 3.63) is 34.3 Å². The minimum absolute atomic E-state index is 0.200. The van der Waals surface area contributed by atoms with E-state index in [0.717, 1.165) is 23.9 Å². The first-order valence-electron chi connectivity index (χ1n) is 5.87. The van der Waals surface area contributed by atoms with Crippen LogP contribution >= 0.6 is 0 Å². The number of hydrogen-bond donors (Lipinski definition) is 1. The summed E-state index contributed by atoms with van der Waals surface area (Å²) >= 11 is 0. The van der Waals surface area contributed by atoms with Gasteiger partial charge in [0, 0.05) is 7.05 Å². The van der Waals surface area contributed by atoms with Crippen LogP contribution in [0.4, 0.5) is 0 Å². The van der Waals surface area contributed by atoms with E-state index in [-0.39, 0.29) is 17.6 Å². The van der Waals surface area contributed by atoms with Gasteiger partial charge in [-0.15, -0.1) is 0 Å². The molecule has 5 heteroatoms. The predicted molar refractivity (Wildman–Crippen MR) is 64.4 cm³/mol. The first kappa shape index (κ1) is 11.1. The second-order valence-corrected chi connectivity index (χ2v) is 4.87. The van der Waals surface area contributed by atoms with Gasteiger partial charge < -0.3 is 9.52 Å². The molecule has 1 saturated carbocycles. The predicted octanol–water partition coefficient (Wildman–Crippen LogP) is 1.39. The van der Waals surface area contributed by atoms with Gasteiger partial charge in [0.2, 0.25) is 0 Å². The third-order valence-electron chi connectivity index (χ3n) is 3.59. The van der Waals surface area contributed by atoms with Crippen molar-refractivity contribution in [3.63, 3.8) is 0 Å². The number of aryl methyl sites for hydroxylation is 1.